The minimum absolute atomic E-state index is 0.0645. The number of sulfonamides is 1. The molecule has 0 fully saturated rings. The topological polar surface area (TPSA) is 84.5 Å². The van der Waals surface area contributed by atoms with Gasteiger partial charge in [0.25, 0.3) is 10.0 Å². The van der Waals surface area contributed by atoms with Gasteiger partial charge in [-0.3, -0.25) is 9.52 Å². The summed E-state index contributed by atoms with van der Waals surface area (Å²) in [6, 6.07) is 9.99. The first-order chi connectivity index (χ1) is 11.4. The lowest BCUT2D eigenvalue weighted by molar-refractivity contribution is -0.116. The molecule has 0 saturated carbocycles. The SMILES string of the molecule is Cc1cccc(C)c1NS(=O)(=O)c1ccc2c(c1)NC(=O)CCO2. The average molecular weight is 346 g/mol. The van der Waals surface area contributed by atoms with Crippen LogP contribution in [0.1, 0.15) is 17.5 Å². The fourth-order valence-electron chi connectivity index (χ4n) is 2.53. The summed E-state index contributed by atoms with van der Waals surface area (Å²) >= 11 is 0. The van der Waals surface area contributed by atoms with E-state index in [2.05, 4.69) is 10.0 Å². The first-order valence-corrected chi connectivity index (χ1v) is 9.01. The zero-order chi connectivity index (χ0) is 17.3. The summed E-state index contributed by atoms with van der Waals surface area (Å²) in [6.07, 6.45) is 0.234. The molecule has 1 aliphatic heterocycles. The molecule has 0 aromatic heterocycles. The Kier molecular flexibility index (Phi) is 4.19. The summed E-state index contributed by atoms with van der Waals surface area (Å²) < 4.78 is 33.5. The predicted molar refractivity (Wildman–Crippen MR) is 91.9 cm³/mol. The lowest BCUT2D eigenvalue weighted by atomic mass is 10.1. The van der Waals surface area contributed by atoms with Crippen molar-refractivity contribution in [2.24, 2.45) is 0 Å². The second-order valence-corrected chi connectivity index (χ2v) is 7.36. The van der Waals surface area contributed by atoms with E-state index >= 15 is 0 Å². The van der Waals surface area contributed by atoms with Crippen molar-refractivity contribution < 1.29 is 17.9 Å². The van der Waals surface area contributed by atoms with Crippen LogP contribution in [0.2, 0.25) is 0 Å². The molecule has 7 heteroatoms. The number of hydrogen-bond acceptors (Lipinski definition) is 4. The normalized spacial score (nSPS) is 14.2. The monoisotopic (exact) mass is 346 g/mol. The molecule has 0 saturated heterocycles. The van der Waals surface area contributed by atoms with E-state index in [0.717, 1.165) is 11.1 Å². The number of rotatable bonds is 3. The quantitative estimate of drug-likeness (QED) is 0.895. The van der Waals surface area contributed by atoms with Crippen LogP contribution in [0.15, 0.2) is 41.3 Å². The maximum Gasteiger partial charge on any atom is 0.261 e. The van der Waals surface area contributed by atoms with Crippen molar-refractivity contribution in [2.75, 3.05) is 16.6 Å². The highest BCUT2D eigenvalue weighted by Crippen LogP contribution is 2.31. The van der Waals surface area contributed by atoms with Crippen LogP contribution in [0.25, 0.3) is 0 Å². The molecule has 0 spiro atoms. The number of benzene rings is 2. The van der Waals surface area contributed by atoms with Crippen LogP contribution < -0.4 is 14.8 Å². The zero-order valence-electron chi connectivity index (χ0n) is 13.4. The molecule has 2 N–H and O–H groups in total. The first kappa shape index (κ1) is 16.3. The number of ether oxygens (including phenoxy) is 1. The van der Waals surface area contributed by atoms with E-state index in [1.165, 1.54) is 12.1 Å². The Morgan fingerprint density at radius 2 is 1.83 bits per heavy atom. The van der Waals surface area contributed by atoms with E-state index in [0.29, 0.717) is 17.1 Å². The Labute approximate surface area is 140 Å². The molecule has 0 radical (unpaired) electrons. The number of aryl methyl sites for hydroxylation is 2. The van der Waals surface area contributed by atoms with Crippen LogP contribution in [0.3, 0.4) is 0 Å². The number of carbonyl (C=O) groups is 1. The second-order valence-electron chi connectivity index (χ2n) is 5.68. The number of para-hydroxylation sites is 1. The molecule has 6 nitrogen and oxygen atoms in total. The Morgan fingerprint density at radius 1 is 1.12 bits per heavy atom. The van der Waals surface area contributed by atoms with Gasteiger partial charge >= 0.3 is 0 Å². The van der Waals surface area contributed by atoms with Gasteiger partial charge in [0.1, 0.15) is 5.75 Å². The Balaban J connectivity index is 1.97. The molecule has 1 amide bonds. The smallest absolute Gasteiger partial charge is 0.261 e. The Hall–Kier alpha value is -2.54. The molecule has 0 unspecified atom stereocenters. The molecule has 0 aliphatic carbocycles. The van der Waals surface area contributed by atoms with Gasteiger partial charge in [-0.05, 0) is 43.2 Å². The molecule has 0 bridgehead atoms. The summed E-state index contributed by atoms with van der Waals surface area (Å²) in [5.74, 6) is 0.262. The third kappa shape index (κ3) is 3.21. The average Bonchev–Trinajstić information content (AvgIpc) is 2.71. The summed E-state index contributed by atoms with van der Waals surface area (Å²) in [7, 11) is -3.78. The predicted octanol–water partition coefficient (Wildman–Crippen LogP) is 2.83. The van der Waals surface area contributed by atoms with Crippen LogP contribution in [0.4, 0.5) is 11.4 Å². The van der Waals surface area contributed by atoms with Gasteiger partial charge in [-0.1, -0.05) is 18.2 Å². The lowest BCUT2D eigenvalue weighted by Crippen LogP contribution is -2.15. The maximum absolute atomic E-state index is 12.7. The van der Waals surface area contributed by atoms with Gasteiger partial charge in [0.15, 0.2) is 0 Å². The van der Waals surface area contributed by atoms with E-state index in [4.69, 9.17) is 4.74 Å². The van der Waals surface area contributed by atoms with Crippen molar-refractivity contribution >= 4 is 27.3 Å². The van der Waals surface area contributed by atoms with Gasteiger partial charge in [0.2, 0.25) is 5.91 Å². The number of carbonyl (C=O) groups excluding carboxylic acids is 1. The van der Waals surface area contributed by atoms with Gasteiger partial charge in [-0.15, -0.1) is 0 Å². The van der Waals surface area contributed by atoms with Crippen molar-refractivity contribution in [1.29, 1.82) is 0 Å². The van der Waals surface area contributed by atoms with Gasteiger partial charge in [0, 0.05) is 0 Å². The van der Waals surface area contributed by atoms with Crippen LogP contribution in [-0.4, -0.2) is 20.9 Å². The third-order valence-electron chi connectivity index (χ3n) is 3.84. The zero-order valence-corrected chi connectivity index (χ0v) is 14.2. The van der Waals surface area contributed by atoms with E-state index in [1.54, 1.807) is 6.07 Å². The molecule has 0 atom stereocenters. The lowest BCUT2D eigenvalue weighted by Gasteiger charge is -2.14. The molecule has 126 valence electrons. The number of fused-ring (bicyclic) bond motifs is 1. The highest BCUT2D eigenvalue weighted by Gasteiger charge is 2.21. The molecule has 1 heterocycles. The summed E-state index contributed by atoms with van der Waals surface area (Å²) in [5.41, 5.74) is 2.60. The Morgan fingerprint density at radius 3 is 2.54 bits per heavy atom. The number of nitrogens with one attached hydrogen (secondary N) is 2. The van der Waals surface area contributed by atoms with Crippen molar-refractivity contribution in [3.8, 4) is 5.75 Å². The van der Waals surface area contributed by atoms with E-state index in [1.807, 2.05) is 32.0 Å². The maximum atomic E-state index is 12.7. The number of hydrogen-bond donors (Lipinski definition) is 2. The molecule has 3 rings (SSSR count). The van der Waals surface area contributed by atoms with Gasteiger partial charge in [0.05, 0.1) is 29.3 Å². The van der Waals surface area contributed by atoms with Crippen LogP contribution in [0, 0.1) is 13.8 Å². The molecule has 24 heavy (non-hydrogen) atoms. The molecular formula is C17H18N2O4S. The van der Waals surface area contributed by atoms with E-state index in [9.17, 15) is 13.2 Å². The first-order valence-electron chi connectivity index (χ1n) is 7.52. The minimum atomic E-state index is -3.78. The van der Waals surface area contributed by atoms with Crippen LogP contribution >= 0.6 is 0 Å². The van der Waals surface area contributed by atoms with Crippen LogP contribution in [-0.2, 0) is 14.8 Å². The van der Waals surface area contributed by atoms with E-state index < -0.39 is 10.0 Å². The largest absolute Gasteiger partial charge is 0.491 e. The number of amides is 1. The molecule has 1 aliphatic rings. The fraction of sp³-hybridized carbons (Fsp3) is 0.235. The third-order valence-corrected chi connectivity index (χ3v) is 5.19. The van der Waals surface area contributed by atoms with Crippen molar-refractivity contribution in [3.05, 3.63) is 47.5 Å². The summed E-state index contributed by atoms with van der Waals surface area (Å²) in [4.78, 5) is 11.7. The molecule has 2 aromatic rings. The summed E-state index contributed by atoms with van der Waals surface area (Å²) in [6.45, 7) is 3.96. The van der Waals surface area contributed by atoms with Gasteiger partial charge in [-0.2, -0.15) is 0 Å². The van der Waals surface area contributed by atoms with Crippen molar-refractivity contribution in [2.45, 2.75) is 25.2 Å². The highest BCUT2D eigenvalue weighted by atomic mass is 32.2. The van der Waals surface area contributed by atoms with Crippen molar-refractivity contribution in [3.63, 3.8) is 0 Å². The van der Waals surface area contributed by atoms with E-state index in [-0.39, 0.29) is 23.8 Å². The summed E-state index contributed by atoms with van der Waals surface area (Å²) in [5, 5.41) is 2.67. The fourth-order valence-corrected chi connectivity index (χ4v) is 3.76. The van der Waals surface area contributed by atoms with Gasteiger partial charge in [-0.25, -0.2) is 8.42 Å². The second kappa shape index (κ2) is 6.16. The number of anilines is 2. The standard InChI is InChI=1S/C17H18N2O4S/c1-11-4-3-5-12(2)17(11)19-24(21,22)13-6-7-15-14(10-13)18-16(20)8-9-23-15/h3-7,10,19H,8-9H2,1-2H3,(H,18,20). The van der Waals surface area contributed by atoms with Crippen LogP contribution in [0.5, 0.6) is 5.75 Å². The van der Waals surface area contributed by atoms with Gasteiger partial charge < -0.3 is 10.1 Å². The minimum Gasteiger partial charge on any atom is -0.491 e. The van der Waals surface area contributed by atoms with Crippen molar-refractivity contribution in [1.82, 2.24) is 0 Å². The highest BCUT2D eigenvalue weighted by molar-refractivity contribution is 7.92. The molecular weight excluding hydrogens is 328 g/mol. The molecule has 2 aromatic carbocycles. The Bertz CT molecular complexity index is 887.